The summed E-state index contributed by atoms with van der Waals surface area (Å²) in [7, 11) is 0. The minimum Gasteiger partial charge on any atom is -0.488 e. The van der Waals surface area contributed by atoms with Gasteiger partial charge >= 0.3 is 0 Å². The van der Waals surface area contributed by atoms with E-state index in [1.165, 1.54) is 18.4 Å². The standard InChI is InChI=1S/C16H23NO2/c1-12(17)16(7-8-16)13-4-2-5-14(10-13)19-15-6-3-9-18-11-15/h2,4-5,10,12,15H,3,6-9,11,17H2,1H3. The van der Waals surface area contributed by atoms with Gasteiger partial charge in [-0.05, 0) is 50.3 Å². The molecule has 3 rings (SSSR count). The summed E-state index contributed by atoms with van der Waals surface area (Å²) in [6.45, 7) is 3.69. The highest BCUT2D eigenvalue weighted by Crippen LogP contribution is 2.50. The first-order chi connectivity index (χ1) is 9.21. The van der Waals surface area contributed by atoms with Crippen LogP contribution in [0.25, 0.3) is 0 Å². The van der Waals surface area contributed by atoms with E-state index in [-0.39, 0.29) is 17.6 Å². The van der Waals surface area contributed by atoms with Crippen LogP contribution in [0.1, 0.15) is 38.2 Å². The van der Waals surface area contributed by atoms with Crippen molar-refractivity contribution in [2.45, 2.75) is 50.2 Å². The summed E-state index contributed by atoms with van der Waals surface area (Å²) in [5.41, 5.74) is 7.67. The first kappa shape index (κ1) is 12.9. The van der Waals surface area contributed by atoms with Crippen molar-refractivity contribution in [2.24, 2.45) is 5.73 Å². The summed E-state index contributed by atoms with van der Waals surface area (Å²) in [5, 5.41) is 0. The van der Waals surface area contributed by atoms with Gasteiger partial charge in [-0.3, -0.25) is 0 Å². The quantitative estimate of drug-likeness (QED) is 0.906. The first-order valence-electron chi connectivity index (χ1n) is 7.31. The topological polar surface area (TPSA) is 44.5 Å². The first-order valence-corrected chi connectivity index (χ1v) is 7.31. The molecule has 3 nitrogen and oxygen atoms in total. The largest absolute Gasteiger partial charge is 0.488 e. The van der Waals surface area contributed by atoms with Gasteiger partial charge in [-0.15, -0.1) is 0 Å². The molecule has 104 valence electrons. The highest BCUT2D eigenvalue weighted by atomic mass is 16.5. The molecule has 0 bridgehead atoms. The van der Waals surface area contributed by atoms with E-state index in [0.717, 1.165) is 25.2 Å². The predicted molar refractivity (Wildman–Crippen MR) is 75.5 cm³/mol. The Hall–Kier alpha value is -1.06. The smallest absolute Gasteiger partial charge is 0.122 e. The summed E-state index contributed by atoms with van der Waals surface area (Å²) in [4.78, 5) is 0. The molecule has 2 atom stereocenters. The van der Waals surface area contributed by atoms with Crippen molar-refractivity contribution in [2.75, 3.05) is 13.2 Å². The van der Waals surface area contributed by atoms with Crippen LogP contribution in [0.4, 0.5) is 0 Å². The monoisotopic (exact) mass is 261 g/mol. The number of benzene rings is 1. The second-order valence-corrected chi connectivity index (χ2v) is 5.93. The molecule has 3 heteroatoms. The van der Waals surface area contributed by atoms with E-state index >= 15 is 0 Å². The molecule has 1 aromatic rings. The second-order valence-electron chi connectivity index (χ2n) is 5.93. The van der Waals surface area contributed by atoms with Crippen molar-refractivity contribution >= 4 is 0 Å². The van der Waals surface area contributed by atoms with Crippen molar-refractivity contribution in [3.8, 4) is 5.75 Å². The van der Waals surface area contributed by atoms with Gasteiger partial charge in [0.1, 0.15) is 11.9 Å². The molecule has 0 radical (unpaired) electrons. The zero-order valence-electron chi connectivity index (χ0n) is 11.6. The molecule has 0 aromatic heterocycles. The molecule has 2 N–H and O–H groups in total. The third kappa shape index (κ3) is 2.63. The minimum atomic E-state index is 0.197. The van der Waals surface area contributed by atoms with Gasteiger partial charge in [-0.2, -0.15) is 0 Å². The van der Waals surface area contributed by atoms with Crippen LogP contribution < -0.4 is 10.5 Å². The molecule has 2 fully saturated rings. The Morgan fingerprint density at radius 3 is 2.89 bits per heavy atom. The molecule has 0 amide bonds. The van der Waals surface area contributed by atoms with Gasteiger partial charge in [-0.1, -0.05) is 12.1 Å². The van der Waals surface area contributed by atoms with Crippen LogP contribution in [-0.4, -0.2) is 25.4 Å². The van der Waals surface area contributed by atoms with Crippen LogP contribution in [0.3, 0.4) is 0 Å². The highest BCUT2D eigenvalue weighted by molar-refractivity contribution is 5.39. The van der Waals surface area contributed by atoms with Crippen LogP contribution in [0.2, 0.25) is 0 Å². The zero-order chi connectivity index (χ0) is 13.3. The number of hydrogen-bond acceptors (Lipinski definition) is 3. The lowest BCUT2D eigenvalue weighted by Crippen LogP contribution is -2.31. The van der Waals surface area contributed by atoms with Gasteiger partial charge in [-0.25, -0.2) is 0 Å². The lowest BCUT2D eigenvalue weighted by molar-refractivity contribution is 0.00738. The maximum atomic E-state index is 6.14. The maximum Gasteiger partial charge on any atom is 0.122 e. The summed E-state index contributed by atoms with van der Waals surface area (Å²) in [6.07, 6.45) is 4.77. The van der Waals surface area contributed by atoms with Gasteiger partial charge in [0.25, 0.3) is 0 Å². The summed E-state index contributed by atoms with van der Waals surface area (Å²) in [5.74, 6) is 0.958. The molecule has 1 saturated carbocycles. The fourth-order valence-electron chi connectivity index (χ4n) is 3.02. The van der Waals surface area contributed by atoms with E-state index in [0.29, 0.717) is 6.61 Å². The van der Waals surface area contributed by atoms with Crippen LogP contribution in [-0.2, 0) is 10.2 Å². The van der Waals surface area contributed by atoms with E-state index < -0.39 is 0 Å². The average Bonchev–Trinajstić information content (AvgIpc) is 3.22. The number of rotatable bonds is 4. The highest BCUT2D eigenvalue weighted by Gasteiger charge is 2.47. The fraction of sp³-hybridized carbons (Fsp3) is 0.625. The van der Waals surface area contributed by atoms with E-state index in [2.05, 4.69) is 25.1 Å². The van der Waals surface area contributed by atoms with Crippen LogP contribution in [0.15, 0.2) is 24.3 Å². The third-order valence-electron chi connectivity index (χ3n) is 4.49. The fourth-order valence-corrected chi connectivity index (χ4v) is 3.02. The number of hydrogen-bond donors (Lipinski definition) is 1. The van der Waals surface area contributed by atoms with Gasteiger partial charge in [0.15, 0.2) is 0 Å². The second kappa shape index (κ2) is 5.14. The molecule has 1 aromatic carbocycles. The molecular formula is C16H23NO2. The molecule has 2 aliphatic rings. The van der Waals surface area contributed by atoms with Crippen molar-refractivity contribution in [1.82, 2.24) is 0 Å². The van der Waals surface area contributed by atoms with Crippen molar-refractivity contribution in [1.29, 1.82) is 0 Å². The lowest BCUT2D eigenvalue weighted by atomic mass is 9.89. The molecule has 2 unspecified atom stereocenters. The number of nitrogens with two attached hydrogens (primary N) is 1. The SMILES string of the molecule is CC(N)C1(c2cccc(OC3CCCOC3)c2)CC1. The summed E-state index contributed by atoms with van der Waals surface area (Å²) < 4.78 is 11.5. The average molecular weight is 261 g/mol. The van der Waals surface area contributed by atoms with Crippen molar-refractivity contribution in [3.05, 3.63) is 29.8 Å². The number of ether oxygens (including phenoxy) is 2. The van der Waals surface area contributed by atoms with Gasteiger partial charge in [0, 0.05) is 18.1 Å². The zero-order valence-corrected chi connectivity index (χ0v) is 11.6. The maximum absolute atomic E-state index is 6.14. The molecular weight excluding hydrogens is 238 g/mol. The Morgan fingerprint density at radius 1 is 1.42 bits per heavy atom. The van der Waals surface area contributed by atoms with Crippen molar-refractivity contribution in [3.63, 3.8) is 0 Å². The van der Waals surface area contributed by atoms with Gasteiger partial charge < -0.3 is 15.2 Å². The third-order valence-corrected chi connectivity index (χ3v) is 4.49. The van der Waals surface area contributed by atoms with Crippen LogP contribution in [0.5, 0.6) is 5.75 Å². The van der Waals surface area contributed by atoms with E-state index in [1.54, 1.807) is 0 Å². The minimum absolute atomic E-state index is 0.197. The molecule has 0 spiro atoms. The van der Waals surface area contributed by atoms with Gasteiger partial charge in [0.2, 0.25) is 0 Å². The summed E-state index contributed by atoms with van der Waals surface area (Å²) in [6, 6.07) is 8.68. The van der Waals surface area contributed by atoms with E-state index in [1.807, 2.05) is 6.07 Å². The van der Waals surface area contributed by atoms with Crippen LogP contribution >= 0.6 is 0 Å². The Bertz CT molecular complexity index is 434. The Morgan fingerprint density at radius 2 is 2.26 bits per heavy atom. The predicted octanol–water partition coefficient (Wildman–Crippen LogP) is 2.62. The Labute approximate surface area is 115 Å². The van der Waals surface area contributed by atoms with Crippen LogP contribution in [0, 0.1) is 0 Å². The van der Waals surface area contributed by atoms with E-state index in [4.69, 9.17) is 15.2 Å². The van der Waals surface area contributed by atoms with Gasteiger partial charge in [0.05, 0.1) is 6.61 Å². The molecule has 1 aliphatic heterocycles. The lowest BCUT2D eigenvalue weighted by Gasteiger charge is -2.25. The van der Waals surface area contributed by atoms with E-state index in [9.17, 15) is 0 Å². The Balaban J connectivity index is 1.73. The Kier molecular flexibility index (Phi) is 3.50. The molecule has 1 saturated heterocycles. The molecule has 1 aliphatic carbocycles. The summed E-state index contributed by atoms with van der Waals surface area (Å²) >= 11 is 0. The van der Waals surface area contributed by atoms with Crippen molar-refractivity contribution < 1.29 is 9.47 Å². The molecule has 19 heavy (non-hydrogen) atoms. The normalized spacial score (nSPS) is 26.7. The molecule has 1 heterocycles.